The molecule has 1 aliphatic heterocycles. The Balaban J connectivity index is 1.63. The number of para-hydroxylation sites is 1. The van der Waals surface area contributed by atoms with Gasteiger partial charge in [0.2, 0.25) is 5.91 Å². The summed E-state index contributed by atoms with van der Waals surface area (Å²) in [6, 6.07) is 15.3. The lowest BCUT2D eigenvalue weighted by Crippen LogP contribution is -2.41. The first-order valence-corrected chi connectivity index (χ1v) is 11.8. The fourth-order valence-electron chi connectivity index (χ4n) is 4.61. The molecule has 5 rings (SSSR count). The Morgan fingerprint density at radius 1 is 1.08 bits per heavy atom. The highest BCUT2D eigenvalue weighted by atomic mass is 19.4. The topological polar surface area (TPSA) is 108 Å². The molecule has 1 amide bonds. The highest BCUT2D eigenvalue weighted by Gasteiger charge is 2.37. The monoisotopic (exact) mass is 524 g/mol. The Morgan fingerprint density at radius 2 is 1.76 bits per heavy atom. The molecule has 2 aromatic heterocycles. The van der Waals surface area contributed by atoms with Crippen LogP contribution in [0.25, 0.3) is 22.2 Å². The van der Waals surface area contributed by atoms with Crippen molar-refractivity contribution in [3.8, 4) is 22.8 Å². The maximum Gasteiger partial charge on any atom is 0.507 e. The van der Waals surface area contributed by atoms with Crippen LogP contribution in [-0.4, -0.2) is 43.5 Å². The summed E-state index contributed by atoms with van der Waals surface area (Å²) in [4.78, 5) is 26.9. The summed E-state index contributed by atoms with van der Waals surface area (Å²) >= 11 is 0. The number of carbonyl (C=O) groups excluding carboxylic acids is 1. The van der Waals surface area contributed by atoms with Crippen LogP contribution in [0.1, 0.15) is 18.9 Å². The summed E-state index contributed by atoms with van der Waals surface area (Å²) in [6.07, 6.45) is -2.84. The van der Waals surface area contributed by atoms with Crippen LogP contribution in [0, 0.1) is 0 Å². The van der Waals surface area contributed by atoms with E-state index in [-0.39, 0.29) is 29.0 Å². The van der Waals surface area contributed by atoms with E-state index < -0.39 is 28.4 Å². The second-order valence-corrected chi connectivity index (χ2v) is 8.81. The second kappa shape index (κ2) is 9.69. The third kappa shape index (κ3) is 4.60. The number of nitrogens with two attached hydrogens (primary N) is 1. The zero-order chi connectivity index (χ0) is 27.0. The molecule has 1 aliphatic rings. The van der Waals surface area contributed by atoms with Gasteiger partial charge in [0.25, 0.3) is 0 Å². The van der Waals surface area contributed by atoms with Crippen molar-refractivity contribution in [2.24, 2.45) is 0 Å². The van der Waals surface area contributed by atoms with Crippen LogP contribution in [0.3, 0.4) is 0 Å². The van der Waals surface area contributed by atoms with E-state index in [1.54, 1.807) is 36.4 Å². The third-order valence-electron chi connectivity index (χ3n) is 6.34. The molecule has 2 N–H and O–H groups in total. The molecule has 1 atom stereocenters. The number of nitrogen functional groups attached to an aromatic ring is 1. The van der Waals surface area contributed by atoms with E-state index in [0.717, 1.165) is 0 Å². The van der Waals surface area contributed by atoms with E-state index in [1.165, 1.54) is 15.7 Å². The van der Waals surface area contributed by atoms with Crippen molar-refractivity contribution in [2.75, 3.05) is 18.8 Å². The summed E-state index contributed by atoms with van der Waals surface area (Å²) in [5.41, 5.74) is 4.99. The Morgan fingerprint density at radius 3 is 2.42 bits per heavy atom. The number of rotatable bonds is 5. The maximum absolute atomic E-state index is 13.6. The molecule has 0 saturated carbocycles. The van der Waals surface area contributed by atoms with Gasteiger partial charge in [0.15, 0.2) is 5.82 Å². The number of amides is 1. The van der Waals surface area contributed by atoms with Crippen LogP contribution in [-0.2, 0) is 11.1 Å². The summed E-state index contributed by atoms with van der Waals surface area (Å²) < 4.78 is 47.4. The Labute approximate surface area is 214 Å². The number of anilines is 1. The van der Waals surface area contributed by atoms with Crippen LogP contribution in [0.15, 0.2) is 72.0 Å². The predicted molar refractivity (Wildman–Crippen MR) is 134 cm³/mol. The first kappa shape index (κ1) is 25.1. The fraction of sp³-hybridized carbons (Fsp3) is 0.231. The van der Waals surface area contributed by atoms with Gasteiger partial charge in [-0.1, -0.05) is 24.8 Å². The number of halogens is 3. The molecule has 0 aliphatic carbocycles. The molecule has 3 heterocycles. The largest absolute Gasteiger partial charge is 0.507 e. The summed E-state index contributed by atoms with van der Waals surface area (Å²) in [6.45, 7) is 4.11. The number of carbonyl (C=O) groups is 1. The predicted octanol–water partition coefficient (Wildman–Crippen LogP) is 4.46. The third-order valence-corrected chi connectivity index (χ3v) is 6.34. The molecule has 0 bridgehead atoms. The molecule has 38 heavy (non-hydrogen) atoms. The fourth-order valence-corrected chi connectivity index (χ4v) is 4.61. The van der Waals surface area contributed by atoms with Crippen LogP contribution in [0.4, 0.5) is 19.0 Å². The number of benzene rings is 2. The van der Waals surface area contributed by atoms with E-state index in [9.17, 15) is 22.8 Å². The number of hydrogen-bond donors (Lipinski definition) is 1. The van der Waals surface area contributed by atoms with Gasteiger partial charge in [0, 0.05) is 18.7 Å². The summed E-state index contributed by atoms with van der Waals surface area (Å²) in [7, 11) is 0. The van der Waals surface area contributed by atoms with Crippen molar-refractivity contribution in [1.82, 2.24) is 24.5 Å². The molecular weight excluding hydrogens is 501 g/mol. The van der Waals surface area contributed by atoms with Crippen LogP contribution >= 0.6 is 0 Å². The minimum absolute atomic E-state index is 0.0133. The Kier molecular flexibility index (Phi) is 6.39. The number of piperidine rings is 1. The number of ether oxygens (including phenoxy) is 1. The quantitative estimate of drug-likeness (QED) is 0.386. The van der Waals surface area contributed by atoms with Crippen LogP contribution in [0.2, 0.25) is 0 Å². The maximum atomic E-state index is 13.6. The molecule has 2 aromatic carbocycles. The highest BCUT2D eigenvalue weighted by Crippen LogP contribution is 2.35. The SMILES string of the molecule is C=CC(=O)N1CCCC(n2nc(-c3ccc(Oc4ccccc4)cc3)c3c(N)nn(C(F)(F)F)c(=O)c32)C1. The van der Waals surface area contributed by atoms with E-state index in [4.69, 9.17) is 10.5 Å². The Bertz CT molecular complexity index is 1560. The van der Waals surface area contributed by atoms with Gasteiger partial charge in [-0.15, -0.1) is 23.0 Å². The van der Waals surface area contributed by atoms with Crippen molar-refractivity contribution >= 4 is 22.6 Å². The first-order valence-electron chi connectivity index (χ1n) is 11.8. The smallest absolute Gasteiger partial charge is 0.457 e. The molecule has 0 spiro atoms. The van der Waals surface area contributed by atoms with Gasteiger partial charge in [-0.3, -0.25) is 14.3 Å². The summed E-state index contributed by atoms with van der Waals surface area (Å²) in [5, 5.41) is 7.93. The van der Waals surface area contributed by atoms with Crippen molar-refractivity contribution < 1.29 is 22.7 Å². The lowest BCUT2D eigenvalue weighted by molar-refractivity contribution is -0.214. The molecule has 1 unspecified atom stereocenters. The zero-order valence-electron chi connectivity index (χ0n) is 20.1. The summed E-state index contributed by atoms with van der Waals surface area (Å²) in [5.74, 6) is 0.360. The van der Waals surface area contributed by atoms with Crippen molar-refractivity contribution in [1.29, 1.82) is 0 Å². The first-order chi connectivity index (χ1) is 18.2. The number of fused-ring (bicyclic) bond motifs is 1. The molecular formula is C26H23F3N6O3. The minimum atomic E-state index is -5.08. The standard InChI is InChI=1S/C26H23F3N6O3/c1-2-20(36)33-14-6-7-17(15-33)34-23-21(24(30)32-35(25(23)37)26(27,28)29)22(31-34)16-10-12-19(13-11-16)38-18-8-4-3-5-9-18/h2-5,8-13,17H,1,6-7,14-15H2,(H2,30,32). The van der Waals surface area contributed by atoms with Crippen molar-refractivity contribution in [2.45, 2.75) is 25.2 Å². The molecule has 9 nitrogen and oxygen atoms in total. The normalized spacial score (nSPS) is 16.0. The second-order valence-electron chi connectivity index (χ2n) is 8.81. The van der Waals surface area contributed by atoms with Crippen LogP contribution < -0.4 is 16.0 Å². The average molecular weight is 525 g/mol. The molecule has 4 aromatic rings. The van der Waals surface area contributed by atoms with Gasteiger partial charge in [-0.2, -0.15) is 5.10 Å². The van der Waals surface area contributed by atoms with Gasteiger partial charge in [-0.05, 0) is 55.3 Å². The lowest BCUT2D eigenvalue weighted by atomic mass is 10.1. The molecule has 1 saturated heterocycles. The van der Waals surface area contributed by atoms with E-state index in [0.29, 0.717) is 36.4 Å². The number of alkyl halides is 3. The van der Waals surface area contributed by atoms with Gasteiger partial charge in [0.05, 0.1) is 11.4 Å². The van der Waals surface area contributed by atoms with Crippen LogP contribution in [0.5, 0.6) is 11.5 Å². The van der Waals surface area contributed by atoms with E-state index in [2.05, 4.69) is 16.8 Å². The zero-order valence-corrected chi connectivity index (χ0v) is 20.1. The van der Waals surface area contributed by atoms with Crippen molar-refractivity contribution in [3.05, 3.63) is 77.6 Å². The molecule has 1 fully saturated rings. The van der Waals surface area contributed by atoms with Gasteiger partial charge < -0.3 is 15.4 Å². The molecule has 12 heteroatoms. The average Bonchev–Trinajstić information content (AvgIpc) is 3.32. The minimum Gasteiger partial charge on any atom is -0.457 e. The molecule has 0 radical (unpaired) electrons. The number of hydrogen-bond acceptors (Lipinski definition) is 6. The van der Waals surface area contributed by atoms with Gasteiger partial charge in [-0.25, -0.2) is 0 Å². The number of likely N-dealkylation sites (tertiary alicyclic amines) is 1. The van der Waals surface area contributed by atoms with E-state index in [1.807, 2.05) is 18.2 Å². The number of aromatic nitrogens is 4. The number of nitrogens with zero attached hydrogens (tertiary/aromatic N) is 5. The van der Waals surface area contributed by atoms with E-state index >= 15 is 0 Å². The Hall–Kier alpha value is -4.61. The van der Waals surface area contributed by atoms with Gasteiger partial charge in [0.1, 0.15) is 22.7 Å². The molecule has 196 valence electrons. The lowest BCUT2D eigenvalue weighted by Gasteiger charge is -2.32. The van der Waals surface area contributed by atoms with Crippen molar-refractivity contribution in [3.63, 3.8) is 0 Å². The highest BCUT2D eigenvalue weighted by molar-refractivity contribution is 5.99. The van der Waals surface area contributed by atoms with Gasteiger partial charge >= 0.3 is 11.9 Å².